The molecule has 6 rings (SSSR count). The van der Waals surface area contributed by atoms with Gasteiger partial charge in [0.1, 0.15) is 24.5 Å². The van der Waals surface area contributed by atoms with Gasteiger partial charge in [0.05, 0.1) is 5.54 Å². The first-order valence-electron chi connectivity index (χ1n) is 10.5. The molecule has 3 unspecified atom stereocenters. The van der Waals surface area contributed by atoms with Crippen LogP contribution in [0.2, 0.25) is 0 Å². The number of aromatic nitrogens is 3. The number of amides is 1. The zero-order valence-electron chi connectivity index (χ0n) is 17.0. The van der Waals surface area contributed by atoms with Gasteiger partial charge in [-0.2, -0.15) is 5.10 Å². The van der Waals surface area contributed by atoms with Gasteiger partial charge in [0, 0.05) is 11.1 Å². The Balaban J connectivity index is 1.45. The van der Waals surface area contributed by atoms with Crippen LogP contribution in [0.3, 0.4) is 0 Å². The molecule has 0 spiro atoms. The highest BCUT2D eigenvalue weighted by atomic mass is 19.1. The molecule has 154 valence electrons. The minimum Gasteiger partial charge on any atom is -0.349 e. The van der Waals surface area contributed by atoms with Gasteiger partial charge in [-0.3, -0.25) is 9.69 Å². The van der Waals surface area contributed by atoms with E-state index < -0.39 is 6.04 Å². The Kier molecular flexibility index (Phi) is 4.28. The number of rotatable bonds is 5. The van der Waals surface area contributed by atoms with Crippen LogP contribution in [-0.4, -0.2) is 45.2 Å². The Morgan fingerprint density at radius 1 is 1.24 bits per heavy atom. The Labute approximate surface area is 170 Å². The van der Waals surface area contributed by atoms with Crippen molar-refractivity contribution in [2.24, 2.45) is 11.8 Å². The van der Waals surface area contributed by atoms with Crippen LogP contribution in [0, 0.1) is 17.7 Å². The largest absolute Gasteiger partial charge is 0.349 e. The van der Waals surface area contributed by atoms with Crippen LogP contribution >= 0.6 is 0 Å². The number of carbonyl (C=O) groups is 1. The predicted molar refractivity (Wildman–Crippen MR) is 106 cm³/mol. The van der Waals surface area contributed by atoms with Crippen LogP contribution in [0.25, 0.3) is 0 Å². The lowest BCUT2D eigenvalue weighted by atomic mass is 9.50. The summed E-state index contributed by atoms with van der Waals surface area (Å²) in [5.41, 5.74) is 0.122. The normalized spacial score (nSPS) is 33.8. The number of benzene rings is 1. The molecular weight excluding hydrogens is 369 g/mol. The number of hydrogen-bond donors (Lipinski definition) is 1. The Morgan fingerprint density at radius 2 is 1.97 bits per heavy atom. The van der Waals surface area contributed by atoms with Gasteiger partial charge >= 0.3 is 0 Å². The number of nitrogens with zero attached hydrogens (tertiary/aromatic N) is 4. The molecule has 1 amide bonds. The maximum absolute atomic E-state index is 14.5. The number of likely N-dealkylation sites (N-methyl/N-ethyl adjacent to an activating group) is 1. The molecule has 4 fully saturated rings. The van der Waals surface area contributed by atoms with Gasteiger partial charge in [0.25, 0.3) is 0 Å². The summed E-state index contributed by atoms with van der Waals surface area (Å²) in [7, 11) is 3.65. The maximum atomic E-state index is 14.5. The fourth-order valence-electron chi connectivity index (χ4n) is 6.76. The van der Waals surface area contributed by atoms with Crippen molar-refractivity contribution in [2.75, 3.05) is 14.1 Å². The molecule has 1 aromatic heterocycles. The highest BCUT2D eigenvalue weighted by Crippen LogP contribution is 2.60. The number of nitrogens with one attached hydrogen (secondary N) is 1. The second-order valence-electron chi connectivity index (χ2n) is 9.68. The summed E-state index contributed by atoms with van der Waals surface area (Å²) in [4.78, 5) is 19.4. The molecule has 29 heavy (non-hydrogen) atoms. The first-order valence-corrected chi connectivity index (χ1v) is 10.5. The lowest BCUT2D eigenvalue weighted by Crippen LogP contribution is -2.66. The predicted octanol–water partition coefficient (Wildman–Crippen LogP) is 2.88. The number of halogens is 1. The van der Waals surface area contributed by atoms with Gasteiger partial charge in [0.2, 0.25) is 5.91 Å². The van der Waals surface area contributed by atoms with Crippen LogP contribution in [0.1, 0.15) is 50.1 Å². The molecule has 0 aliphatic heterocycles. The van der Waals surface area contributed by atoms with Crippen LogP contribution in [0.5, 0.6) is 0 Å². The summed E-state index contributed by atoms with van der Waals surface area (Å²) >= 11 is 0. The van der Waals surface area contributed by atoms with E-state index in [4.69, 9.17) is 0 Å². The highest BCUT2D eigenvalue weighted by Gasteiger charge is 2.59. The average Bonchev–Trinajstić information content (AvgIpc) is 3.17. The van der Waals surface area contributed by atoms with E-state index in [-0.39, 0.29) is 22.8 Å². The standard InChI is InChI=1S/C22H28FN5O/c1-27(2)19(17-5-3-4-6-18(17)23)20(29)26-21-8-15-7-16(9-21)11-22(10-15,12-21)28-14-24-13-25-28/h3-6,13-16,19H,7-12H2,1-2H3,(H,26,29). The van der Waals surface area contributed by atoms with Crippen LogP contribution in [0.15, 0.2) is 36.9 Å². The Bertz CT molecular complexity index is 898. The molecule has 4 bridgehead atoms. The minimum absolute atomic E-state index is 0.0561. The first kappa shape index (κ1) is 18.7. The summed E-state index contributed by atoms with van der Waals surface area (Å²) < 4.78 is 16.5. The smallest absolute Gasteiger partial charge is 0.242 e. The van der Waals surface area contributed by atoms with Crippen molar-refractivity contribution in [3.8, 4) is 0 Å². The van der Waals surface area contributed by atoms with Crippen molar-refractivity contribution < 1.29 is 9.18 Å². The van der Waals surface area contributed by atoms with Crippen molar-refractivity contribution in [1.29, 1.82) is 0 Å². The van der Waals surface area contributed by atoms with Gasteiger partial charge in [-0.25, -0.2) is 14.1 Å². The van der Waals surface area contributed by atoms with Crippen LogP contribution in [0.4, 0.5) is 4.39 Å². The molecule has 2 aromatic rings. The lowest BCUT2D eigenvalue weighted by molar-refractivity contribution is -0.135. The summed E-state index contributed by atoms with van der Waals surface area (Å²) in [5.74, 6) is 0.723. The van der Waals surface area contributed by atoms with Crippen molar-refractivity contribution in [2.45, 2.75) is 55.6 Å². The molecule has 1 heterocycles. The summed E-state index contributed by atoms with van der Waals surface area (Å²) in [6, 6.07) is 5.92. The van der Waals surface area contributed by atoms with Crippen molar-refractivity contribution in [1.82, 2.24) is 25.0 Å². The zero-order chi connectivity index (χ0) is 20.2. The fraction of sp³-hybridized carbons (Fsp3) is 0.591. The van der Waals surface area contributed by atoms with E-state index in [0.717, 1.165) is 32.1 Å². The summed E-state index contributed by atoms with van der Waals surface area (Å²) in [6.45, 7) is 0. The van der Waals surface area contributed by atoms with E-state index in [1.165, 1.54) is 12.5 Å². The molecule has 0 radical (unpaired) electrons. The molecule has 7 heteroatoms. The third-order valence-electron chi connectivity index (χ3n) is 7.29. The molecule has 4 saturated carbocycles. The van der Waals surface area contributed by atoms with Gasteiger partial charge in [-0.15, -0.1) is 0 Å². The summed E-state index contributed by atoms with van der Waals surface area (Å²) in [5, 5.41) is 7.88. The highest BCUT2D eigenvalue weighted by molar-refractivity contribution is 5.84. The van der Waals surface area contributed by atoms with Crippen molar-refractivity contribution in [3.63, 3.8) is 0 Å². The maximum Gasteiger partial charge on any atom is 0.242 e. The lowest BCUT2D eigenvalue weighted by Gasteiger charge is -2.62. The van der Waals surface area contributed by atoms with E-state index in [0.29, 0.717) is 17.4 Å². The van der Waals surface area contributed by atoms with Crippen LogP contribution < -0.4 is 5.32 Å². The van der Waals surface area contributed by atoms with Crippen molar-refractivity contribution in [3.05, 3.63) is 48.3 Å². The van der Waals surface area contributed by atoms with E-state index in [1.807, 2.05) is 25.1 Å². The Morgan fingerprint density at radius 3 is 2.59 bits per heavy atom. The van der Waals surface area contributed by atoms with Gasteiger partial charge in [-0.05, 0) is 70.5 Å². The third kappa shape index (κ3) is 3.06. The molecular formula is C22H28FN5O. The SMILES string of the molecule is CN(C)C(C(=O)NC12CC3CC(C1)CC(n1cncn1)(C3)C2)c1ccccc1F. The summed E-state index contributed by atoms with van der Waals surface area (Å²) in [6.07, 6.45) is 9.75. The Hall–Kier alpha value is -2.28. The van der Waals surface area contributed by atoms with Crippen LogP contribution in [-0.2, 0) is 10.3 Å². The monoisotopic (exact) mass is 397 g/mol. The second kappa shape index (κ2) is 6.62. The number of hydrogen-bond acceptors (Lipinski definition) is 4. The topological polar surface area (TPSA) is 63.1 Å². The van der Waals surface area contributed by atoms with Gasteiger partial charge in [-0.1, -0.05) is 18.2 Å². The van der Waals surface area contributed by atoms with Gasteiger partial charge in [0.15, 0.2) is 0 Å². The van der Waals surface area contributed by atoms with E-state index in [2.05, 4.69) is 15.4 Å². The molecule has 4 aliphatic carbocycles. The minimum atomic E-state index is -0.647. The van der Waals surface area contributed by atoms with E-state index in [9.17, 15) is 9.18 Å². The molecule has 1 N–H and O–H groups in total. The molecule has 4 aliphatic rings. The van der Waals surface area contributed by atoms with E-state index in [1.54, 1.807) is 29.4 Å². The van der Waals surface area contributed by atoms with Crippen molar-refractivity contribution >= 4 is 5.91 Å². The quantitative estimate of drug-likeness (QED) is 0.843. The van der Waals surface area contributed by atoms with Gasteiger partial charge < -0.3 is 5.32 Å². The second-order valence-corrected chi connectivity index (χ2v) is 9.68. The first-order chi connectivity index (χ1) is 13.9. The third-order valence-corrected chi connectivity index (χ3v) is 7.29. The average molecular weight is 397 g/mol. The fourth-order valence-corrected chi connectivity index (χ4v) is 6.76. The molecule has 6 nitrogen and oxygen atoms in total. The zero-order valence-corrected chi connectivity index (χ0v) is 17.0. The number of carbonyl (C=O) groups excluding carboxylic acids is 1. The molecule has 0 saturated heterocycles. The molecule has 1 aromatic carbocycles. The van der Waals surface area contributed by atoms with E-state index >= 15 is 0 Å². The molecule has 3 atom stereocenters.